The molecule has 0 bridgehead atoms. The number of fused-ring (bicyclic) bond motifs is 1. The predicted molar refractivity (Wildman–Crippen MR) is 111 cm³/mol. The number of hydrogen-bond acceptors (Lipinski definition) is 5. The summed E-state index contributed by atoms with van der Waals surface area (Å²) in [6.45, 7) is 3.61. The normalized spacial score (nSPS) is 17.8. The molecule has 6 heteroatoms. The molecule has 156 valence electrons. The number of anilines is 1. The van der Waals surface area contributed by atoms with Crippen LogP contribution in [-0.4, -0.2) is 45.0 Å². The van der Waals surface area contributed by atoms with Gasteiger partial charge in [-0.25, -0.2) is 4.39 Å². The Bertz CT molecular complexity index is 839. The molecular formula is C23H29FN2O3. The van der Waals surface area contributed by atoms with Crippen LogP contribution in [0.5, 0.6) is 11.5 Å². The van der Waals surface area contributed by atoms with E-state index in [1.807, 2.05) is 24.3 Å². The molecule has 2 aliphatic heterocycles. The summed E-state index contributed by atoms with van der Waals surface area (Å²) in [6.07, 6.45) is 2.04. The number of alkyl halides is 1. The highest BCUT2D eigenvalue weighted by atomic mass is 19.1. The van der Waals surface area contributed by atoms with E-state index >= 15 is 0 Å². The molecule has 1 saturated heterocycles. The molecule has 0 aliphatic carbocycles. The number of nitrogens with zero attached hydrogens (tertiary/aromatic N) is 2. The third-order valence-electron chi connectivity index (χ3n) is 5.84. The van der Waals surface area contributed by atoms with Crippen molar-refractivity contribution in [2.24, 2.45) is 0 Å². The molecule has 2 aromatic carbocycles. The lowest BCUT2D eigenvalue weighted by molar-refractivity contribution is 0.0793. The molecule has 2 heterocycles. The number of methoxy groups -OCH3 is 2. The van der Waals surface area contributed by atoms with Crippen LogP contribution < -0.4 is 14.4 Å². The zero-order valence-electron chi connectivity index (χ0n) is 17.2. The molecule has 2 aromatic rings. The van der Waals surface area contributed by atoms with Gasteiger partial charge in [0.15, 0.2) is 11.5 Å². The Morgan fingerprint density at radius 1 is 1.00 bits per heavy atom. The third-order valence-corrected chi connectivity index (χ3v) is 5.84. The number of rotatable bonds is 6. The minimum atomic E-state index is -0.430. The molecule has 1 fully saturated rings. The highest BCUT2D eigenvalue weighted by Gasteiger charge is 2.29. The van der Waals surface area contributed by atoms with Crippen molar-refractivity contribution in [1.29, 1.82) is 0 Å². The quantitative estimate of drug-likeness (QED) is 0.728. The van der Waals surface area contributed by atoms with Crippen LogP contribution in [0.2, 0.25) is 0 Å². The fourth-order valence-electron chi connectivity index (χ4n) is 4.36. The zero-order valence-corrected chi connectivity index (χ0v) is 17.2. The van der Waals surface area contributed by atoms with Crippen LogP contribution in [-0.2, 0) is 24.5 Å². The molecule has 2 aliphatic rings. The van der Waals surface area contributed by atoms with Gasteiger partial charge in [-0.3, -0.25) is 4.90 Å². The molecule has 0 unspecified atom stereocenters. The molecule has 0 spiro atoms. The van der Waals surface area contributed by atoms with Crippen molar-refractivity contribution in [2.75, 3.05) is 39.0 Å². The molecule has 4 rings (SSSR count). The Kier molecular flexibility index (Phi) is 6.21. The molecule has 0 amide bonds. The van der Waals surface area contributed by atoms with E-state index in [0.29, 0.717) is 6.04 Å². The number of halogens is 1. The first kappa shape index (κ1) is 20.0. The van der Waals surface area contributed by atoms with Crippen LogP contribution in [0.3, 0.4) is 0 Å². The maximum absolute atomic E-state index is 13.3. The van der Waals surface area contributed by atoms with Gasteiger partial charge in [0.25, 0.3) is 0 Å². The number of ether oxygens (including phenoxy) is 3. The second kappa shape index (κ2) is 9.01. The summed E-state index contributed by atoms with van der Waals surface area (Å²) in [5.41, 5.74) is 4.33. The van der Waals surface area contributed by atoms with E-state index in [1.54, 1.807) is 14.2 Å². The maximum atomic E-state index is 13.3. The second-order valence-corrected chi connectivity index (χ2v) is 7.73. The fourth-order valence-corrected chi connectivity index (χ4v) is 4.36. The highest BCUT2D eigenvalue weighted by molar-refractivity contribution is 5.57. The van der Waals surface area contributed by atoms with Crippen molar-refractivity contribution in [3.8, 4) is 11.5 Å². The molecule has 0 aromatic heterocycles. The van der Waals surface area contributed by atoms with Gasteiger partial charge in [-0.1, -0.05) is 12.1 Å². The molecular weight excluding hydrogens is 371 g/mol. The zero-order chi connectivity index (χ0) is 20.2. The fraction of sp³-hybridized carbons (Fsp3) is 0.478. The van der Waals surface area contributed by atoms with Crippen LogP contribution in [0.15, 0.2) is 36.4 Å². The summed E-state index contributed by atoms with van der Waals surface area (Å²) in [5, 5.41) is 0. The lowest BCUT2D eigenvalue weighted by Crippen LogP contribution is -2.49. The topological polar surface area (TPSA) is 34.2 Å². The van der Waals surface area contributed by atoms with Gasteiger partial charge in [0.1, 0.15) is 6.67 Å². The Balaban J connectivity index is 1.59. The van der Waals surface area contributed by atoms with Gasteiger partial charge in [0.05, 0.1) is 20.9 Å². The lowest BCUT2D eigenvalue weighted by Gasteiger charge is -2.44. The van der Waals surface area contributed by atoms with Crippen LogP contribution in [0, 0.1) is 0 Å². The van der Waals surface area contributed by atoms with Gasteiger partial charge in [0, 0.05) is 38.0 Å². The van der Waals surface area contributed by atoms with Crippen LogP contribution in [0.4, 0.5) is 10.1 Å². The largest absolute Gasteiger partial charge is 0.493 e. The van der Waals surface area contributed by atoms with E-state index in [0.717, 1.165) is 62.9 Å². The molecule has 0 saturated carbocycles. The van der Waals surface area contributed by atoms with Crippen LogP contribution in [0.1, 0.15) is 29.5 Å². The van der Waals surface area contributed by atoms with Crippen molar-refractivity contribution < 1.29 is 18.6 Å². The van der Waals surface area contributed by atoms with Crippen molar-refractivity contribution in [3.63, 3.8) is 0 Å². The van der Waals surface area contributed by atoms with E-state index in [9.17, 15) is 4.39 Å². The van der Waals surface area contributed by atoms with Gasteiger partial charge in [-0.15, -0.1) is 0 Å². The van der Waals surface area contributed by atoms with Gasteiger partial charge < -0.3 is 19.1 Å². The maximum Gasteiger partial charge on any atom is 0.161 e. The first-order valence-corrected chi connectivity index (χ1v) is 10.2. The van der Waals surface area contributed by atoms with Crippen molar-refractivity contribution in [3.05, 3.63) is 53.1 Å². The van der Waals surface area contributed by atoms with Crippen LogP contribution in [0.25, 0.3) is 0 Å². The SMILES string of the molecule is COc1ccc(CN2Cc3cc(CF)ccc3N(C3CCOCC3)C2)cc1OC. The van der Waals surface area contributed by atoms with Gasteiger partial charge >= 0.3 is 0 Å². The minimum Gasteiger partial charge on any atom is -0.493 e. The number of hydrogen-bond donors (Lipinski definition) is 0. The summed E-state index contributed by atoms with van der Waals surface area (Å²) in [6, 6.07) is 12.5. The first-order valence-electron chi connectivity index (χ1n) is 10.2. The molecule has 5 nitrogen and oxygen atoms in total. The Morgan fingerprint density at radius 2 is 1.76 bits per heavy atom. The molecule has 0 atom stereocenters. The first-order chi connectivity index (χ1) is 14.2. The van der Waals surface area contributed by atoms with Crippen LogP contribution >= 0.6 is 0 Å². The summed E-state index contributed by atoms with van der Waals surface area (Å²) < 4.78 is 29.7. The number of benzene rings is 2. The van der Waals surface area contributed by atoms with Gasteiger partial charge in [0.2, 0.25) is 0 Å². The summed E-state index contributed by atoms with van der Waals surface area (Å²) >= 11 is 0. The Hall–Kier alpha value is -2.31. The van der Waals surface area contributed by atoms with E-state index in [-0.39, 0.29) is 0 Å². The summed E-state index contributed by atoms with van der Waals surface area (Å²) in [7, 11) is 3.30. The molecule has 0 N–H and O–H groups in total. The van der Waals surface area contributed by atoms with Crippen molar-refractivity contribution >= 4 is 5.69 Å². The van der Waals surface area contributed by atoms with E-state index in [1.165, 1.54) is 16.8 Å². The van der Waals surface area contributed by atoms with Crippen molar-refractivity contribution in [2.45, 2.75) is 38.6 Å². The average molecular weight is 400 g/mol. The predicted octanol–water partition coefficient (Wildman–Crippen LogP) is 4.13. The van der Waals surface area contributed by atoms with E-state index in [4.69, 9.17) is 14.2 Å². The standard InChI is InChI=1S/C23H29FN2O3/c1-27-22-6-4-18(12-23(22)28-2)14-25-15-19-11-17(13-24)3-5-21(19)26(16-25)20-7-9-29-10-8-20/h3-6,11-12,20H,7-10,13-16H2,1-2H3. The van der Waals surface area contributed by atoms with Gasteiger partial charge in [-0.2, -0.15) is 0 Å². The lowest BCUT2D eigenvalue weighted by atomic mass is 10.0. The average Bonchev–Trinajstić information content (AvgIpc) is 2.78. The second-order valence-electron chi connectivity index (χ2n) is 7.73. The molecule has 0 radical (unpaired) electrons. The summed E-state index contributed by atoms with van der Waals surface area (Å²) in [5.74, 6) is 1.47. The van der Waals surface area contributed by atoms with E-state index < -0.39 is 6.67 Å². The Labute approximate surface area is 172 Å². The van der Waals surface area contributed by atoms with E-state index in [2.05, 4.69) is 21.9 Å². The molecule has 29 heavy (non-hydrogen) atoms. The smallest absolute Gasteiger partial charge is 0.161 e. The highest BCUT2D eigenvalue weighted by Crippen LogP contribution is 2.34. The van der Waals surface area contributed by atoms with Gasteiger partial charge in [-0.05, 0) is 53.8 Å². The Morgan fingerprint density at radius 3 is 2.48 bits per heavy atom. The van der Waals surface area contributed by atoms with Crippen molar-refractivity contribution in [1.82, 2.24) is 4.90 Å². The summed E-state index contributed by atoms with van der Waals surface area (Å²) in [4.78, 5) is 4.88. The monoisotopic (exact) mass is 400 g/mol. The third kappa shape index (κ3) is 4.33. The minimum absolute atomic E-state index is 0.430.